The molecule has 1 aliphatic heterocycles. The van der Waals surface area contributed by atoms with Gasteiger partial charge < -0.3 is 14.7 Å². The van der Waals surface area contributed by atoms with Crippen LogP contribution in [0.1, 0.15) is 27.2 Å². The Morgan fingerprint density at radius 3 is 2.53 bits per heavy atom. The maximum atomic E-state index is 13.2. The summed E-state index contributed by atoms with van der Waals surface area (Å²) in [6.07, 6.45) is -2.08. The first kappa shape index (κ1) is 13.7. The first-order chi connectivity index (χ1) is 7.70. The molecule has 0 aliphatic carbocycles. The van der Waals surface area contributed by atoms with Crippen molar-refractivity contribution >= 4 is 12.1 Å². The van der Waals surface area contributed by atoms with Crippen LogP contribution >= 0.6 is 0 Å². The maximum absolute atomic E-state index is 13.2. The number of carbonyl (C=O) groups is 2. The fraction of sp³-hybridized carbons (Fsp3) is 0.818. The van der Waals surface area contributed by atoms with E-state index < -0.39 is 29.8 Å². The number of nitrogens with zero attached hydrogens (tertiary/aromatic N) is 1. The number of hydrogen-bond acceptors (Lipinski definition) is 3. The molecular weight excluding hydrogens is 229 g/mol. The van der Waals surface area contributed by atoms with Crippen LogP contribution < -0.4 is 0 Å². The third kappa shape index (κ3) is 3.87. The molecule has 0 aromatic carbocycles. The van der Waals surface area contributed by atoms with Crippen LogP contribution in [-0.4, -0.2) is 46.9 Å². The lowest BCUT2D eigenvalue weighted by molar-refractivity contribution is -0.144. The molecule has 0 bridgehead atoms. The second-order valence-electron chi connectivity index (χ2n) is 5.22. The van der Waals surface area contributed by atoms with Crippen molar-refractivity contribution in [2.75, 3.05) is 13.1 Å². The summed E-state index contributed by atoms with van der Waals surface area (Å²) in [4.78, 5) is 23.5. The van der Waals surface area contributed by atoms with Crippen molar-refractivity contribution in [3.05, 3.63) is 0 Å². The highest BCUT2D eigenvalue weighted by Crippen LogP contribution is 2.23. The number of likely N-dealkylation sites (tertiary alicyclic amines) is 1. The van der Waals surface area contributed by atoms with Crippen LogP contribution in [0.25, 0.3) is 0 Å². The van der Waals surface area contributed by atoms with Crippen LogP contribution in [0, 0.1) is 5.92 Å². The molecule has 1 saturated heterocycles. The average Bonchev–Trinajstić information content (AvgIpc) is 2.62. The molecule has 0 spiro atoms. The molecule has 1 N–H and O–H groups in total. The summed E-state index contributed by atoms with van der Waals surface area (Å²) >= 11 is 0. The highest BCUT2D eigenvalue weighted by molar-refractivity contribution is 5.73. The molecular formula is C11H18FNO4. The lowest BCUT2D eigenvalue weighted by Crippen LogP contribution is -2.36. The quantitative estimate of drug-likeness (QED) is 0.806. The summed E-state index contributed by atoms with van der Waals surface area (Å²) in [7, 11) is 0. The minimum atomic E-state index is -1.91. The van der Waals surface area contributed by atoms with E-state index in [4.69, 9.17) is 9.84 Å². The summed E-state index contributed by atoms with van der Waals surface area (Å²) in [5.74, 6) is -2.11. The van der Waals surface area contributed by atoms with Crippen LogP contribution in [0.15, 0.2) is 0 Å². The molecule has 5 nitrogen and oxygen atoms in total. The smallest absolute Gasteiger partial charge is 0.410 e. The minimum absolute atomic E-state index is 0.0996. The number of rotatable bonds is 2. The van der Waals surface area contributed by atoms with Crippen molar-refractivity contribution in [1.29, 1.82) is 0 Å². The van der Waals surface area contributed by atoms with Gasteiger partial charge in [0.1, 0.15) is 5.60 Å². The zero-order valence-electron chi connectivity index (χ0n) is 10.3. The van der Waals surface area contributed by atoms with E-state index in [1.807, 2.05) is 0 Å². The Kier molecular flexibility index (Phi) is 3.95. The first-order valence-corrected chi connectivity index (χ1v) is 5.55. The zero-order valence-corrected chi connectivity index (χ0v) is 10.3. The van der Waals surface area contributed by atoms with Gasteiger partial charge in [0.15, 0.2) is 0 Å². The molecule has 17 heavy (non-hydrogen) atoms. The van der Waals surface area contributed by atoms with E-state index in [-0.39, 0.29) is 6.54 Å². The van der Waals surface area contributed by atoms with E-state index in [1.54, 1.807) is 20.8 Å². The zero-order chi connectivity index (χ0) is 13.2. The number of halogens is 1. The molecule has 0 aromatic heterocycles. The predicted molar refractivity (Wildman–Crippen MR) is 58.4 cm³/mol. The van der Waals surface area contributed by atoms with Gasteiger partial charge in [-0.25, -0.2) is 14.0 Å². The highest BCUT2D eigenvalue weighted by atomic mass is 19.1. The molecule has 1 amide bonds. The van der Waals surface area contributed by atoms with Gasteiger partial charge in [-0.15, -0.1) is 0 Å². The van der Waals surface area contributed by atoms with Gasteiger partial charge in [-0.1, -0.05) is 0 Å². The highest BCUT2D eigenvalue weighted by Gasteiger charge is 2.37. The lowest BCUT2D eigenvalue weighted by Gasteiger charge is -2.24. The summed E-state index contributed by atoms with van der Waals surface area (Å²) in [6, 6.07) is 0. The van der Waals surface area contributed by atoms with Crippen molar-refractivity contribution in [2.45, 2.75) is 39.0 Å². The molecule has 1 aliphatic rings. The maximum Gasteiger partial charge on any atom is 0.410 e. The molecule has 0 aromatic rings. The largest absolute Gasteiger partial charge is 0.479 e. The summed E-state index contributed by atoms with van der Waals surface area (Å²) in [6.45, 7) is 5.67. The van der Waals surface area contributed by atoms with Gasteiger partial charge in [-0.3, -0.25) is 0 Å². The molecule has 0 radical (unpaired) electrons. The third-order valence-corrected chi connectivity index (χ3v) is 2.53. The van der Waals surface area contributed by atoms with Gasteiger partial charge in [0, 0.05) is 19.0 Å². The van der Waals surface area contributed by atoms with E-state index in [1.165, 1.54) is 4.90 Å². The molecule has 2 atom stereocenters. The minimum Gasteiger partial charge on any atom is -0.479 e. The van der Waals surface area contributed by atoms with E-state index >= 15 is 0 Å². The molecule has 98 valence electrons. The predicted octanol–water partition coefficient (Wildman–Crippen LogP) is 1.67. The number of ether oxygens (including phenoxy) is 1. The topological polar surface area (TPSA) is 66.8 Å². The van der Waals surface area contributed by atoms with Crippen LogP contribution in [-0.2, 0) is 9.53 Å². The number of carbonyl (C=O) groups excluding carboxylic acids is 1. The van der Waals surface area contributed by atoms with Crippen LogP contribution in [0.3, 0.4) is 0 Å². The molecule has 1 fully saturated rings. The van der Waals surface area contributed by atoms with Crippen LogP contribution in [0.5, 0.6) is 0 Å². The van der Waals surface area contributed by atoms with Crippen molar-refractivity contribution < 1.29 is 23.8 Å². The Labute approximate surface area is 99.5 Å². The second kappa shape index (κ2) is 4.89. The number of aliphatic carboxylic acids is 1. The fourth-order valence-corrected chi connectivity index (χ4v) is 1.72. The van der Waals surface area contributed by atoms with Crippen molar-refractivity contribution in [2.24, 2.45) is 5.92 Å². The van der Waals surface area contributed by atoms with Crippen LogP contribution in [0.4, 0.5) is 9.18 Å². The van der Waals surface area contributed by atoms with Gasteiger partial charge in [-0.05, 0) is 27.2 Å². The third-order valence-electron chi connectivity index (χ3n) is 2.53. The van der Waals surface area contributed by atoms with E-state index in [0.717, 1.165) is 0 Å². The SMILES string of the molecule is CC(C)(C)OC(=O)N1CC[C@@H]([C@H](F)C(=O)O)C1. The molecule has 0 saturated carbocycles. The van der Waals surface area contributed by atoms with Crippen molar-refractivity contribution in [1.82, 2.24) is 4.90 Å². The lowest BCUT2D eigenvalue weighted by atomic mass is 10.0. The Morgan fingerprint density at radius 2 is 2.06 bits per heavy atom. The standard InChI is InChI=1S/C11H18FNO4/c1-11(2,3)17-10(16)13-5-4-7(6-13)8(12)9(14)15/h7-8H,4-6H2,1-3H3,(H,14,15)/t7-,8+/m1/s1. The van der Waals surface area contributed by atoms with Gasteiger partial charge in [-0.2, -0.15) is 0 Å². The Bertz CT molecular complexity index is 313. The Balaban J connectivity index is 2.50. The van der Waals surface area contributed by atoms with Gasteiger partial charge in [0.2, 0.25) is 6.17 Å². The van der Waals surface area contributed by atoms with Crippen molar-refractivity contribution in [3.8, 4) is 0 Å². The van der Waals surface area contributed by atoms with E-state index in [0.29, 0.717) is 13.0 Å². The van der Waals surface area contributed by atoms with E-state index in [2.05, 4.69) is 0 Å². The first-order valence-electron chi connectivity index (χ1n) is 5.55. The number of alkyl halides is 1. The summed E-state index contributed by atoms with van der Waals surface area (Å²) in [5, 5.41) is 8.54. The van der Waals surface area contributed by atoms with Gasteiger partial charge >= 0.3 is 12.1 Å². The van der Waals surface area contributed by atoms with Crippen LogP contribution in [0.2, 0.25) is 0 Å². The van der Waals surface area contributed by atoms with Gasteiger partial charge in [0.25, 0.3) is 0 Å². The second-order valence-corrected chi connectivity index (χ2v) is 5.22. The summed E-state index contributed by atoms with van der Waals surface area (Å²) < 4.78 is 18.4. The number of carboxylic acid groups (broad SMARTS) is 1. The molecule has 6 heteroatoms. The Morgan fingerprint density at radius 1 is 1.47 bits per heavy atom. The fourth-order valence-electron chi connectivity index (χ4n) is 1.72. The summed E-state index contributed by atoms with van der Waals surface area (Å²) in [5.41, 5.74) is -0.600. The monoisotopic (exact) mass is 247 g/mol. The number of amides is 1. The molecule has 0 unspecified atom stereocenters. The number of carboxylic acids is 1. The Hall–Kier alpha value is -1.33. The van der Waals surface area contributed by atoms with E-state index in [9.17, 15) is 14.0 Å². The van der Waals surface area contributed by atoms with Gasteiger partial charge in [0.05, 0.1) is 0 Å². The molecule has 1 rings (SSSR count). The average molecular weight is 247 g/mol. The normalized spacial score (nSPS) is 22.4. The molecule has 1 heterocycles. The van der Waals surface area contributed by atoms with Crippen molar-refractivity contribution in [3.63, 3.8) is 0 Å². The number of hydrogen-bond donors (Lipinski definition) is 1.